The lowest BCUT2D eigenvalue weighted by atomic mass is 10.2. The van der Waals surface area contributed by atoms with Gasteiger partial charge in [-0.15, -0.1) is 0 Å². The number of esters is 1. The molecule has 150 valence electrons. The van der Waals surface area contributed by atoms with E-state index in [2.05, 4.69) is 15.8 Å². The fourth-order valence-corrected chi connectivity index (χ4v) is 2.28. The lowest BCUT2D eigenvalue weighted by molar-refractivity contribution is -0.127. The Labute approximate surface area is 162 Å². The fourth-order valence-electron chi connectivity index (χ4n) is 2.28. The van der Waals surface area contributed by atoms with E-state index in [4.69, 9.17) is 14.0 Å². The van der Waals surface area contributed by atoms with Crippen molar-refractivity contribution >= 4 is 17.8 Å². The first kappa shape index (κ1) is 20.9. The number of hydrogen-bond donors (Lipinski definition) is 2. The topological polar surface area (TPSA) is 120 Å². The summed E-state index contributed by atoms with van der Waals surface area (Å²) in [5.41, 5.74) is 1.83. The molecule has 1 aromatic carbocycles. The Hall–Kier alpha value is -3.36. The highest BCUT2D eigenvalue weighted by molar-refractivity contribution is 5.92. The first-order chi connectivity index (χ1) is 13.4. The van der Waals surface area contributed by atoms with Crippen LogP contribution in [0.2, 0.25) is 0 Å². The van der Waals surface area contributed by atoms with Crippen molar-refractivity contribution in [2.75, 3.05) is 19.7 Å². The quantitative estimate of drug-likeness (QED) is 0.620. The van der Waals surface area contributed by atoms with Crippen LogP contribution in [0.1, 0.15) is 34.3 Å². The van der Waals surface area contributed by atoms with Crippen LogP contribution in [0.3, 0.4) is 0 Å². The number of nitrogens with zero attached hydrogens (tertiary/aromatic N) is 1. The molecule has 9 nitrogen and oxygen atoms in total. The minimum atomic E-state index is -0.670. The maximum Gasteiger partial charge on any atom is 0.338 e. The van der Waals surface area contributed by atoms with E-state index in [9.17, 15) is 14.4 Å². The van der Waals surface area contributed by atoms with Gasteiger partial charge in [-0.1, -0.05) is 11.2 Å². The number of hydrogen-bond acceptors (Lipinski definition) is 7. The van der Waals surface area contributed by atoms with E-state index in [-0.39, 0.29) is 24.6 Å². The number of rotatable bonds is 9. The molecular weight excluding hydrogens is 366 g/mol. The van der Waals surface area contributed by atoms with Crippen molar-refractivity contribution in [3.63, 3.8) is 0 Å². The Morgan fingerprint density at radius 1 is 1.14 bits per heavy atom. The SMILES string of the molecule is CCNC(=O)CNC(=O)COC(=O)c1cccc(OCc2c(C)noc2C)c1. The van der Waals surface area contributed by atoms with Gasteiger partial charge in [0.2, 0.25) is 5.91 Å². The Bertz CT molecular complexity index is 826. The zero-order valence-electron chi connectivity index (χ0n) is 16.0. The van der Waals surface area contributed by atoms with Crippen LogP contribution in [0, 0.1) is 13.8 Å². The molecule has 2 N–H and O–H groups in total. The van der Waals surface area contributed by atoms with Crippen LogP contribution < -0.4 is 15.4 Å². The van der Waals surface area contributed by atoms with E-state index in [1.807, 2.05) is 6.92 Å². The third kappa shape index (κ3) is 6.11. The largest absolute Gasteiger partial charge is 0.489 e. The van der Waals surface area contributed by atoms with Crippen molar-refractivity contribution in [2.45, 2.75) is 27.4 Å². The lowest BCUT2D eigenvalue weighted by Crippen LogP contribution is -2.38. The van der Waals surface area contributed by atoms with Crippen molar-refractivity contribution in [2.24, 2.45) is 0 Å². The summed E-state index contributed by atoms with van der Waals surface area (Å²) >= 11 is 0. The standard InChI is InChI=1S/C19H23N3O6/c1-4-20-17(23)9-21-18(24)11-27-19(25)14-6-5-7-15(8-14)26-10-16-12(2)22-28-13(16)3/h5-8H,4,9-11H2,1-3H3,(H,20,23)(H,21,24). The zero-order chi connectivity index (χ0) is 20.5. The van der Waals surface area contributed by atoms with Gasteiger partial charge in [-0.25, -0.2) is 4.79 Å². The number of amides is 2. The lowest BCUT2D eigenvalue weighted by Gasteiger charge is -2.09. The highest BCUT2D eigenvalue weighted by Gasteiger charge is 2.13. The molecule has 0 bridgehead atoms. The molecule has 9 heteroatoms. The van der Waals surface area contributed by atoms with Crippen molar-refractivity contribution in [1.29, 1.82) is 0 Å². The minimum Gasteiger partial charge on any atom is -0.489 e. The predicted molar refractivity (Wildman–Crippen MR) is 98.7 cm³/mol. The predicted octanol–water partition coefficient (Wildman–Crippen LogP) is 1.28. The second-order valence-corrected chi connectivity index (χ2v) is 5.93. The zero-order valence-corrected chi connectivity index (χ0v) is 16.0. The normalized spacial score (nSPS) is 10.2. The van der Waals surface area contributed by atoms with Crippen LogP contribution in [0.5, 0.6) is 5.75 Å². The summed E-state index contributed by atoms with van der Waals surface area (Å²) < 4.78 is 15.7. The van der Waals surface area contributed by atoms with Gasteiger partial charge >= 0.3 is 5.97 Å². The maximum atomic E-state index is 12.1. The monoisotopic (exact) mass is 389 g/mol. The summed E-state index contributed by atoms with van der Waals surface area (Å²) in [6.07, 6.45) is 0. The molecule has 0 aliphatic heterocycles. The molecule has 0 aliphatic carbocycles. The summed E-state index contributed by atoms with van der Waals surface area (Å²) in [6, 6.07) is 6.42. The van der Waals surface area contributed by atoms with Gasteiger partial charge in [-0.05, 0) is 39.0 Å². The Morgan fingerprint density at radius 2 is 1.93 bits per heavy atom. The average molecular weight is 389 g/mol. The average Bonchev–Trinajstić information content (AvgIpc) is 3.01. The van der Waals surface area contributed by atoms with Gasteiger partial charge in [-0.3, -0.25) is 9.59 Å². The molecule has 0 unspecified atom stereocenters. The minimum absolute atomic E-state index is 0.171. The van der Waals surface area contributed by atoms with Gasteiger partial charge in [0.1, 0.15) is 18.1 Å². The van der Waals surface area contributed by atoms with E-state index >= 15 is 0 Å². The molecule has 0 saturated carbocycles. The van der Waals surface area contributed by atoms with Crippen LogP contribution in [0.4, 0.5) is 0 Å². The number of benzene rings is 1. The number of likely N-dealkylation sites (N-methyl/N-ethyl adjacent to an activating group) is 1. The van der Waals surface area contributed by atoms with E-state index in [1.54, 1.807) is 32.0 Å². The second-order valence-electron chi connectivity index (χ2n) is 5.93. The molecule has 1 aromatic heterocycles. The number of nitrogens with one attached hydrogen (secondary N) is 2. The van der Waals surface area contributed by atoms with Gasteiger partial charge in [0, 0.05) is 6.54 Å². The molecule has 2 rings (SSSR count). The molecular formula is C19H23N3O6. The maximum absolute atomic E-state index is 12.1. The molecule has 2 amide bonds. The molecule has 0 saturated heterocycles. The van der Waals surface area contributed by atoms with Gasteiger partial charge in [0.15, 0.2) is 6.61 Å². The molecule has 1 heterocycles. The number of aryl methyl sites for hydroxylation is 2. The molecule has 2 aromatic rings. The first-order valence-electron chi connectivity index (χ1n) is 8.75. The Kier molecular flexibility index (Phi) is 7.55. The molecule has 28 heavy (non-hydrogen) atoms. The smallest absolute Gasteiger partial charge is 0.338 e. The number of carbonyl (C=O) groups is 3. The van der Waals surface area contributed by atoms with E-state index in [1.165, 1.54) is 6.07 Å². The Morgan fingerprint density at radius 3 is 2.61 bits per heavy atom. The van der Waals surface area contributed by atoms with Crippen LogP contribution in [-0.4, -0.2) is 42.6 Å². The van der Waals surface area contributed by atoms with E-state index in [0.717, 1.165) is 11.3 Å². The molecule has 0 radical (unpaired) electrons. The third-order valence-electron chi connectivity index (χ3n) is 3.79. The van der Waals surface area contributed by atoms with Gasteiger partial charge in [0.25, 0.3) is 5.91 Å². The van der Waals surface area contributed by atoms with Gasteiger partial charge in [-0.2, -0.15) is 0 Å². The fraction of sp³-hybridized carbons (Fsp3) is 0.368. The van der Waals surface area contributed by atoms with Crippen molar-refractivity contribution < 1.29 is 28.4 Å². The Balaban J connectivity index is 1.84. The highest BCUT2D eigenvalue weighted by Crippen LogP contribution is 2.19. The number of aromatic nitrogens is 1. The summed E-state index contributed by atoms with van der Waals surface area (Å²) in [5.74, 6) is -0.409. The van der Waals surface area contributed by atoms with E-state index < -0.39 is 18.5 Å². The van der Waals surface area contributed by atoms with Gasteiger partial charge < -0.3 is 24.6 Å². The second kappa shape index (κ2) is 10.1. The number of carbonyl (C=O) groups excluding carboxylic acids is 3. The summed E-state index contributed by atoms with van der Waals surface area (Å²) in [4.78, 5) is 35.0. The van der Waals surface area contributed by atoms with Crippen LogP contribution >= 0.6 is 0 Å². The summed E-state index contributed by atoms with van der Waals surface area (Å²) in [6.45, 7) is 5.45. The van der Waals surface area contributed by atoms with Crippen molar-refractivity contribution in [3.8, 4) is 5.75 Å². The van der Waals surface area contributed by atoms with Crippen molar-refractivity contribution in [3.05, 3.63) is 46.8 Å². The number of ether oxygens (including phenoxy) is 2. The third-order valence-corrected chi connectivity index (χ3v) is 3.79. The van der Waals surface area contributed by atoms with Crippen molar-refractivity contribution in [1.82, 2.24) is 15.8 Å². The van der Waals surface area contributed by atoms with Gasteiger partial charge in [0.05, 0.1) is 23.4 Å². The highest BCUT2D eigenvalue weighted by atomic mass is 16.5. The molecule has 0 aliphatic rings. The van der Waals surface area contributed by atoms with Crippen LogP contribution in [0.15, 0.2) is 28.8 Å². The van der Waals surface area contributed by atoms with Crippen LogP contribution in [-0.2, 0) is 20.9 Å². The molecule has 0 fully saturated rings. The van der Waals surface area contributed by atoms with Crippen LogP contribution in [0.25, 0.3) is 0 Å². The first-order valence-corrected chi connectivity index (χ1v) is 8.75. The summed E-state index contributed by atoms with van der Waals surface area (Å²) in [7, 11) is 0. The summed E-state index contributed by atoms with van der Waals surface area (Å²) in [5, 5.41) is 8.77. The van der Waals surface area contributed by atoms with E-state index in [0.29, 0.717) is 18.1 Å². The molecule has 0 spiro atoms. The molecule has 0 atom stereocenters.